The molecular weight excluding hydrogens is 398 g/mol. The van der Waals surface area contributed by atoms with E-state index in [0.29, 0.717) is 0 Å². The fourth-order valence-corrected chi connectivity index (χ4v) is 3.05. The Bertz CT molecular complexity index is 1100. The van der Waals surface area contributed by atoms with Crippen molar-refractivity contribution in [1.29, 1.82) is 0 Å². The maximum atomic E-state index is 12.5. The molecule has 0 aliphatic carbocycles. The molecule has 3 unspecified atom stereocenters. The van der Waals surface area contributed by atoms with Crippen LogP contribution >= 0.6 is 0 Å². The van der Waals surface area contributed by atoms with Crippen molar-refractivity contribution in [3.8, 4) is 11.5 Å². The van der Waals surface area contributed by atoms with E-state index in [4.69, 9.17) is 9.47 Å². The summed E-state index contributed by atoms with van der Waals surface area (Å²) in [5.41, 5.74) is 1.44. The van der Waals surface area contributed by atoms with E-state index in [0.717, 1.165) is 16.6 Å². The molecule has 1 amide bonds. The number of hydrogen-bond donors (Lipinski definition) is 2. The van der Waals surface area contributed by atoms with E-state index in [1.54, 1.807) is 6.92 Å². The number of methoxy groups -OCH3 is 1. The number of amides is 1. The molecule has 0 bridgehead atoms. The Kier molecular flexibility index (Phi) is 6.69. The summed E-state index contributed by atoms with van der Waals surface area (Å²) < 4.78 is 10.5. The lowest BCUT2D eigenvalue weighted by molar-refractivity contribution is -0.151. The standard InChI is InChI=1S/C23H25N3O5/c1-13(17-10-9-16-7-5-6-8-18(16)26-17)15(3)31-23(29)14(2)25-22(28)20-21(27)19(30-4)11-12-24-20/h5-15,27H,1-4H3,(H,25,28). The van der Waals surface area contributed by atoms with Gasteiger partial charge in [0.2, 0.25) is 0 Å². The molecule has 2 heterocycles. The molecule has 0 radical (unpaired) electrons. The predicted octanol–water partition coefficient (Wildman–Crippen LogP) is 3.20. The first-order valence-corrected chi connectivity index (χ1v) is 9.90. The number of para-hydroxylation sites is 1. The summed E-state index contributed by atoms with van der Waals surface area (Å²) >= 11 is 0. The van der Waals surface area contributed by atoms with Crippen molar-refractivity contribution in [2.45, 2.75) is 38.8 Å². The summed E-state index contributed by atoms with van der Waals surface area (Å²) in [7, 11) is 1.36. The molecule has 8 heteroatoms. The van der Waals surface area contributed by atoms with E-state index in [-0.39, 0.29) is 17.4 Å². The molecule has 3 atom stereocenters. The van der Waals surface area contributed by atoms with Gasteiger partial charge in [-0.2, -0.15) is 0 Å². The maximum Gasteiger partial charge on any atom is 0.328 e. The molecule has 0 saturated heterocycles. The first-order valence-electron chi connectivity index (χ1n) is 9.90. The maximum absolute atomic E-state index is 12.5. The number of aromatic nitrogens is 2. The number of pyridine rings is 2. The second-order valence-electron chi connectivity index (χ2n) is 7.27. The van der Waals surface area contributed by atoms with Gasteiger partial charge in [0.05, 0.1) is 12.6 Å². The van der Waals surface area contributed by atoms with Crippen molar-refractivity contribution in [1.82, 2.24) is 15.3 Å². The van der Waals surface area contributed by atoms with Crippen LogP contribution in [0.1, 0.15) is 42.9 Å². The molecule has 2 N–H and O–H groups in total. The minimum Gasteiger partial charge on any atom is -0.503 e. The van der Waals surface area contributed by atoms with E-state index in [9.17, 15) is 14.7 Å². The SMILES string of the molecule is COc1ccnc(C(=O)NC(C)C(=O)OC(C)C(C)c2ccc3ccccc3n2)c1O. The van der Waals surface area contributed by atoms with Crippen molar-refractivity contribution in [2.24, 2.45) is 0 Å². The van der Waals surface area contributed by atoms with Crippen LogP contribution in [0, 0.1) is 0 Å². The van der Waals surface area contributed by atoms with Crippen LogP contribution < -0.4 is 10.1 Å². The molecule has 2 aromatic heterocycles. The lowest BCUT2D eigenvalue weighted by atomic mass is 10.0. The molecule has 0 aliphatic heterocycles. The van der Waals surface area contributed by atoms with Gasteiger partial charge in [-0.15, -0.1) is 0 Å². The summed E-state index contributed by atoms with van der Waals surface area (Å²) in [5, 5.41) is 13.6. The highest BCUT2D eigenvalue weighted by atomic mass is 16.5. The van der Waals surface area contributed by atoms with Gasteiger partial charge in [0.15, 0.2) is 17.2 Å². The smallest absolute Gasteiger partial charge is 0.328 e. The number of nitrogens with one attached hydrogen (secondary N) is 1. The van der Waals surface area contributed by atoms with Gasteiger partial charge < -0.3 is 19.9 Å². The van der Waals surface area contributed by atoms with Crippen LogP contribution in [0.4, 0.5) is 0 Å². The first kappa shape index (κ1) is 22.0. The van der Waals surface area contributed by atoms with Gasteiger partial charge in [0, 0.05) is 29.3 Å². The second kappa shape index (κ2) is 9.42. The van der Waals surface area contributed by atoms with E-state index in [1.807, 2.05) is 43.3 Å². The van der Waals surface area contributed by atoms with E-state index in [2.05, 4.69) is 15.3 Å². The van der Waals surface area contributed by atoms with E-state index in [1.165, 1.54) is 26.3 Å². The zero-order valence-corrected chi connectivity index (χ0v) is 17.8. The summed E-state index contributed by atoms with van der Waals surface area (Å²) in [6, 6.07) is 12.2. The van der Waals surface area contributed by atoms with Crippen LogP contribution in [0.3, 0.4) is 0 Å². The van der Waals surface area contributed by atoms with Crippen LogP contribution in [-0.4, -0.2) is 46.2 Å². The number of nitrogens with zero attached hydrogens (tertiary/aromatic N) is 2. The van der Waals surface area contributed by atoms with Crippen LogP contribution in [0.15, 0.2) is 48.7 Å². The second-order valence-corrected chi connectivity index (χ2v) is 7.27. The summed E-state index contributed by atoms with van der Waals surface area (Å²) in [6.07, 6.45) is 0.861. The third-order valence-electron chi connectivity index (χ3n) is 5.12. The molecule has 1 aromatic carbocycles. The van der Waals surface area contributed by atoms with Crippen LogP contribution in [0.25, 0.3) is 10.9 Å². The lowest BCUT2D eigenvalue weighted by Gasteiger charge is -2.22. The van der Waals surface area contributed by atoms with Crippen molar-refractivity contribution >= 4 is 22.8 Å². The van der Waals surface area contributed by atoms with Crippen LogP contribution in [0.5, 0.6) is 11.5 Å². The average Bonchev–Trinajstić information content (AvgIpc) is 2.78. The summed E-state index contributed by atoms with van der Waals surface area (Å²) in [6.45, 7) is 5.21. The molecule has 0 aliphatic rings. The Morgan fingerprint density at radius 2 is 1.81 bits per heavy atom. The average molecular weight is 423 g/mol. The highest BCUT2D eigenvalue weighted by molar-refractivity contribution is 5.97. The minimum absolute atomic E-state index is 0.112. The topological polar surface area (TPSA) is 111 Å². The fraction of sp³-hybridized carbons (Fsp3) is 0.304. The number of benzene rings is 1. The zero-order valence-electron chi connectivity index (χ0n) is 17.8. The number of hydrogen-bond acceptors (Lipinski definition) is 7. The number of aromatic hydroxyl groups is 1. The predicted molar refractivity (Wildman–Crippen MR) is 115 cm³/mol. The van der Waals surface area contributed by atoms with E-state index < -0.39 is 29.8 Å². The molecular formula is C23H25N3O5. The van der Waals surface area contributed by atoms with Gasteiger partial charge in [-0.25, -0.2) is 9.78 Å². The van der Waals surface area contributed by atoms with Gasteiger partial charge in [0.25, 0.3) is 5.91 Å². The van der Waals surface area contributed by atoms with Gasteiger partial charge in [-0.05, 0) is 26.0 Å². The van der Waals surface area contributed by atoms with Crippen molar-refractivity contribution in [3.63, 3.8) is 0 Å². The van der Waals surface area contributed by atoms with Gasteiger partial charge >= 0.3 is 5.97 Å². The van der Waals surface area contributed by atoms with Crippen molar-refractivity contribution in [3.05, 3.63) is 60.0 Å². The number of carbonyl (C=O) groups is 2. The molecule has 0 fully saturated rings. The molecule has 162 valence electrons. The van der Waals surface area contributed by atoms with Crippen LogP contribution in [0.2, 0.25) is 0 Å². The molecule has 31 heavy (non-hydrogen) atoms. The highest BCUT2D eigenvalue weighted by Gasteiger charge is 2.26. The number of carbonyl (C=O) groups excluding carboxylic acids is 2. The Labute approximate surface area is 180 Å². The van der Waals surface area contributed by atoms with Gasteiger partial charge in [-0.3, -0.25) is 9.78 Å². The Balaban J connectivity index is 1.63. The zero-order chi connectivity index (χ0) is 22.5. The fourth-order valence-electron chi connectivity index (χ4n) is 3.05. The quantitative estimate of drug-likeness (QED) is 0.562. The third-order valence-corrected chi connectivity index (χ3v) is 5.12. The van der Waals surface area contributed by atoms with Crippen molar-refractivity contribution < 1.29 is 24.2 Å². The van der Waals surface area contributed by atoms with E-state index >= 15 is 0 Å². The first-order chi connectivity index (χ1) is 14.8. The molecule has 8 nitrogen and oxygen atoms in total. The van der Waals surface area contributed by atoms with Crippen molar-refractivity contribution in [2.75, 3.05) is 7.11 Å². The Morgan fingerprint density at radius 1 is 1.06 bits per heavy atom. The summed E-state index contributed by atoms with van der Waals surface area (Å²) in [5.74, 6) is -1.75. The lowest BCUT2D eigenvalue weighted by Crippen LogP contribution is -2.41. The molecule has 3 rings (SSSR count). The largest absolute Gasteiger partial charge is 0.503 e. The Morgan fingerprint density at radius 3 is 2.55 bits per heavy atom. The Hall–Kier alpha value is -3.68. The highest BCUT2D eigenvalue weighted by Crippen LogP contribution is 2.27. The third kappa shape index (κ3) is 4.91. The van der Waals surface area contributed by atoms with Crippen LogP contribution in [-0.2, 0) is 9.53 Å². The summed E-state index contributed by atoms with van der Waals surface area (Å²) in [4.78, 5) is 33.4. The number of fused-ring (bicyclic) bond motifs is 1. The molecule has 0 spiro atoms. The number of esters is 1. The minimum atomic E-state index is -0.945. The van der Waals surface area contributed by atoms with Gasteiger partial charge in [-0.1, -0.05) is 31.2 Å². The normalized spacial score (nSPS) is 13.8. The number of rotatable bonds is 7. The van der Waals surface area contributed by atoms with Gasteiger partial charge in [0.1, 0.15) is 12.1 Å². The molecule has 3 aromatic rings. The molecule has 0 saturated carbocycles. The monoisotopic (exact) mass is 423 g/mol. The number of ether oxygens (including phenoxy) is 2.